The molecule has 3 rings (SSSR count). The number of aryl methyl sites for hydroxylation is 6. The molecule has 0 bridgehead atoms. The summed E-state index contributed by atoms with van der Waals surface area (Å²) >= 11 is 0. The summed E-state index contributed by atoms with van der Waals surface area (Å²) in [7, 11) is -0.155. The third-order valence-corrected chi connectivity index (χ3v) is 7.50. The van der Waals surface area contributed by atoms with Gasteiger partial charge in [-0.3, -0.25) is 14.2 Å². The zero-order valence-electron chi connectivity index (χ0n) is 23.2. The molecule has 0 radical (unpaired) electrons. The second kappa shape index (κ2) is 10.6. The molecule has 0 heterocycles. The molecule has 0 fully saturated rings. The number of benzene rings is 3. The minimum absolute atomic E-state index is 0.0384. The predicted octanol–water partition coefficient (Wildman–Crippen LogP) is 8.16. The van der Waals surface area contributed by atoms with Crippen LogP contribution >= 0.6 is 8.46 Å². The van der Waals surface area contributed by atoms with Crippen LogP contribution in [0.1, 0.15) is 116 Å². The first kappa shape index (κ1) is 27.7. The lowest BCUT2D eigenvalue weighted by atomic mass is 9.78. The Bertz CT molecular complexity index is 1350. The van der Waals surface area contributed by atoms with Gasteiger partial charge in [0.15, 0.2) is 20.0 Å². The minimum atomic E-state index is -0.174. The van der Waals surface area contributed by atoms with Crippen molar-refractivity contribution < 1.29 is 14.2 Å². The summed E-state index contributed by atoms with van der Waals surface area (Å²) in [4.78, 5) is 28.9. The highest BCUT2D eigenvalue weighted by Gasteiger charge is 2.32. The summed E-state index contributed by atoms with van der Waals surface area (Å²) in [5, 5.41) is 0.577. The van der Waals surface area contributed by atoms with Gasteiger partial charge in [-0.1, -0.05) is 63.1 Å². The van der Waals surface area contributed by atoms with E-state index in [-0.39, 0.29) is 31.9 Å². The van der Waals surface area contributed by atoms with Crippen LogP contribution in [0.4, 0.5) is 0 Å². The van der Waals surface area contributed by atoms with Gasteiger partial charge < -0.3 is 0 Å². The van der Waals surface area contributed by atoms with Gasteiger partial charge in [0.05, 0.1) is 0 Å². The van der Waals surface area contributed by atoms with Crippen LogP contribution in [0.15, 0.2) is 30.3 Å². The molecule has 4 heteroatoms. The van der Waals surface area contributed by atoms with Crippen LogP contribution < -0.4 is 5.30 Å². The molecule has 0 amide bonds. The average molecular weight is 501 g/mol. The molecule has 188 valence electrons. The quantitative estimate of drug-likeness (QED) is 0.243. The molecule has 0 aromatic heterocycles. The maximum Gasteiger partial charge on any atom is 0.194 e. The Balaban J connectivity index is 2.54. The summed E-state index contributed by atoms with van der Waals surface area (Å²) in [5.74, 6) is -0.453. The molecule has 0 unspecified atom stereocenters. The van der Waals surface area contributed by atoms with Crippen LogP contribution in [-0.2, 0) is 4.57 Å². The summed E-state index contributed by atoms with van der Waals surface area (Å²) in [6.07, 6.45) is 0. The van der Waals surface area contributed by atoms with E-state index in [4.69, 9.17) is 0 Å². The van der Waals surface area contributed by atoms with Crippen molar-refractivity contribution in [3.8, 4) is 0 Å². The van der Waals surface area contributed by atoms with Gasteiger partial charge in [0, 0.05) is 27.6 Å². The first-order chi connectivity index (χ1) is 16.8. The highest BCUT2D eigenvalue weighted by Crippen LogP contribution is 2.36. The molecule has 0 spiro atoms. The lowest BCUT2D eigenvalue weighted by molar-refractivity contribution is 0.1000. The number of carbonyl (C=O) groups excluding carboxylic acids is 2. The first-order valence-corrected chi connectivity index (χ1v) is 13.4. The molecular formula is C32H37O3P. The SMILES string of the molecule is Cc1cc(C)c(C(=O)c2c(C(C)C)cc(P=O)c(C(C)C)c2C(=O)c2c(C)cc(C)cc2C)c(C)c1. The van der Waals surface area contributed by atoms with Crippen LogP contribution in [0, 0.1) is 41.5 Å². The second-order valence-electron chi connectivity index (χ2n) is 10.8. The van der Waals surface area contributed by atoms with Crippen molar-refractivity contribution >= 4 is 25.3 Å². The Kier molecular flexibility index (Phi) is 8.16. The molecule has 0 aliphatic heterocycles. The summed E-state index contributed by atoms with van der Waals surface area (Å²) in [5.41, 5.74) is 9.26. The van der Waals surface area contributed by atoms with E-state index < -0.39 is 0 Å². The Labute approximate surface area is 217 Å². The highest BCUT2D eigenvalue weighted by molar-refractivity contribution is 7.34. The Morgan fingerprint density at radius 2 is 0.972 bits per heavy atom. The smallest absolute Gasteiger partial charge is 0.194 e. The topological polar surface area (TPSA) is 51.2 Å². The van der Waals surface area contributed by atoms with Gasteiger partial charge >= 0.3 is 0 Å². The van der Waals surface area contributed by atoms with Crippen LogP contribution in [0.25, 0.3) is 0 Å². The summed E-state index contributed by atoms with van der Waals surface area (Å²) in [6, 6.07) is 9.90. The maximum atomic E-state index is 14.5. The van der Waals surface area contributed by atoms with Gasteiger partial charge in [0.1, 0.15) is 0 Å². The van der Waals surface area contributed by atoms with Crippen molar-refractivity contribution in [1.29, 1.82) is 0 Å². The monoisotopic (exact) mass is 500 g/mol. The number of hydrogen-bond acceptors (Lipinski definition) is 3. The van der Waals surface area contributed by atoms with Crippen LogP contribution in [0.5, 0.6) is 0 Å². The molecule has 0 saturated carbocycles. The standard InChI is InChI=1S/C32H37O3P/c1-16(2)24-15-25(36-35)26(17(3)4)30(32(34)28-22(9)13-19(6)14-23(28)10)29(24)31(33)27-20(7)11-18(5)12-21(27)8/h11-17H,1-10H3. The molecule has 0 aliphatic carbocycles. The fourth-order valence-electron chi connectivity index (χ4n) is 5.63. The van der Waals surface area contributed by atoms with Crippen molar-refractivity contribution in [2.45, 2.75) is 81.1 Å². The van der Waals surface area contributed by atoms with Gasteiger partial charge in [-0.05, 0) is 92.8 Å². The van der Waals surface area contributed by atoms with E-state index in [9.17, 15) is 14.2 Å². The molecule has 3 aromatic carbocycles. The molecule has 0 aliphatic rings. The minimum Gasteiger partial charge on any atom is -0.289 e. The molecule has 36 heavy (non-hydrogen) atoms. The lowest BCUT2D eigenvalue weighted by Crippen LogP contribution is -2.24. The van der Waals surface area contributed by atoms with E-state index in [0.29, 0.717) is 33.1 Å². The zero-order valence-corrected chi connectivity index (χ0v) is 24.1. The molecule has 0 atom stereocenters. The second-order valence-corrected chi connectivity index (χ2v) is 11.4. The van der Waals surface area contributed by atoms with Crippen molar-refractivity contribution in [3.05, 3.63) is 97.1 Å². The summed E-state index contributed by atoms with van der Waals surface area (Å²) < 4.78 is 12.4. The van der Waals surface area contributed by atoms with Crippen LogP contribution in [-0.4, -0.2) is 11.6 Å². The number of rotatable bonds is 7. The number of carbonyl (C=O) groups is 2. The highest BCUT2D eigenvalue weighted by atomic mass is 31.1. The van der Waals surface area contributed by atoms with Gasteiger partial charge in [0.2, 0.25) is 0 Å². The first-order valence-electron chi connectivity index (χ1n) is 12.6. The number of hydrogen-bond donors (Lipinski definition) is 0. The van der Waals surface area contributed by atoms with Crippen LogP contribution in [0.3, 0.4) is 0 Å². The van der Waals surface area contributed by atoms with E-state index in [2.05, 4.69) is 0 Å². The van der Waals surface area contributed by atoms with Crippen molar-refractivity contribution in [1.82, 2.24) is 0 Å². The van der Waals surface area contributed by atoms with E-state index in [1.165, 1.54) is 0 Å². The average Bonchev–Trinajstić information content (AvgIpc) is 2.75. The van der Waals surface area contributed by atoms with E-state index in [0.717, 1.165) is 38.9 Å². The Morgan fingerprint density at radius 3 is 1.31 bits per heavy atom. The Morgan fingerprint density at radius 1 is 0.583 bits per heavy atom. The number of ketones is 2. The Hall–Kier alpha value is -2.90. The third-order valence-electron chi connectivity index (χ3n) is 6.94. The van der Waals surface area contributed by atoms with E-state index in [1.807, 2.05) is 99.6 Å². The van der Waals surface area contributed by atoms with Crippen molar-refractivity contribution in [2.24, 2.45) is 0 Å². The van der Waals surface area contributed by atoms with Crippen molar-refractivity contribution in [3.63, 3.8) is 0 Å². The molecule has 3 nitrogen and oxygen atoms in total. The van der Waals surface area contributed by atoms with Crippen LogP contribution in [0.2, 0.25) is 0 Å². The largest absolute Gasteiger partial charge is 0.289 e. The van der Waals surface area contributed by atoms with Gasteiger partial charge in [-0.2, -0.15) is 0 Å². The normalized spacial score (nSPS) is 11.6. The molecular weight excluding hydrogens is 463 g/mol. The molecule has 0 N–H and O–H groups in total. The van der Waals surface area contributed by atoms with E-state index in [1.54, 1.807) is 0 Å². The van der Waals surface area contributed by atoms with Gasteiger partial charge in [-0.15, -0.1) is 0 Å². The summed E-state index contributed by atoms with van der Waals surface area (Å²) in [6.45, 7) is 19.8. The third kappa shape index (κ3) is 5.00. The predicted molar refractivity (Wildman–Crippen MR) is 150 cm³/mol. The fraction of sp³-hybridized carbons (Fsp3) is 0.375. The van der Waals surface area contributed by atoms with E-state index >= 15 is 0 Å². The fourth-order valence-corrected chi connectivity index (χ4v) is 6.29. The molecule has 0 saturated heterocycles. The molecule has 3 aromatic rings. The maximum absolute atomic E-state index is 14.5. The van der Waals surface area contributed by atoms with Gasteiger partial charge in [0.25, 0.3) is 0 Å². The zero-order chi connectivity index (χ0) is 27.1. The van der Waals surface area contributed by atoms with Crippen molar-refractivity contribution in [2.75, 3.05) is 0 Å². The van der Waals surface area contributed by atoms with Gasteiger partial charge in [-0.25, -0.2) is 0 Å². The lowest BCUT2D eigenvalue weighted by Gasteiger charge is -2.24.